The van der Waals surface area contributed by atoms with Crippen LogP contribution >= 0.6 is 0 Å². The maximum Gasteiger partial charge on any atom is 0.435 e. The van der Waals surface area contributed by atoms with Crippen LogP contribution in [0.25, 0.3) is 0 Å². The summed E-state index contributed by atoms with van der Waals surface area (Å²) in [7, 11) is 0. The lowest BCUT2D eigenvalue weighted by Gasteiger charge is -2.30. The average molecular weight is 315 g/mol. The van der Waals surface area contributed by atoms with Gasteiger partial charge in [0.2, 0.25) is 5.91 Å². The SMILES string of the molecule is CC1CCN(C(=O)Cn2nc(C(F)(F)F)cc2C2CC2)CC1. The molecule has 1 aromatic heterocycles. The highest BCUT2D eigenvalue weighted by Gasteiger charge is 2.38. The molecule has 1 amide bonds. The second kappa shape index (κ2) is 5.59. The molecule has 0 bridgehead atoms. The minimum Gasteiger partial charge on any atom is -0.341 e. The first-order valence-electron chi connectivity index (χ1n) is 7.77. The van der Waals surface area contributed by atoms with Crippen LogP contribution in [-0.4, -0.2) is 33.7 Å². The molecule has 1 aliphatic carbocycles. The summed E-state index contributed by atoms with van der Waals surface area (Å²) in [6.45, 7) is 3.44. The summed E-state index contributed by atoms with van der Waals surface area (Å²) in [4.78, 5) is 14.1. The largest absolute Gasteiger partial charge is 0.435 e. The zero-order chi connectivity index (χ0) is 15.9. The third kappa shape index (κ3) is 3.28. The molecule has 122 valence electrons. The number of amides is 1. The van der Waals surface area contributed by atoms with Gasteiger partial charge in [0.25, 0.3) is 0 Å². The fourth-order valence-electron chi connectivity index (χ4n) is 2.89. The summed E-state index contributed by atoms with van der Waals surface area (Å²) in [5.74, 6) is 0.594. The second-order valence-corrected chi connectivity index (χ2v) is 6.45. The van der Waals surface area contributed by atoms with Crippen molar-refractivity contribution in [2.75, 3.05) is 13.1 Å². The van der Waals surface area contributed by atoms with Crippen LogP contribution < -0.4 is 0 Å². The minimum absolute atomic E-state index is 0.0870. The van der Waals surface area contributed by atoms with Crippen molar-refractivity contribution in [3.8, 4) is 0 Å². The van der Waals surface area contributed by atoms with E-state index in [9.17, 15) is 18.0 Å². The Morgan fingerprint density at radius 3 is 2.45 bits per heavy atom. The summed E-state index contributed by atoms with van der Waals surface area (Å²) in [6.07, 6.45) is -0.808. The van der Waals surface area contributed by atoms with E-state index in [2.05, 4.69) is 12.0 Å². The standard InChI is InChI=1S/C15H20F3N3O/c1-10-4-6-20(7-5-10)14(22)9-21-12(11-2-3-11)8-13(19-21)15(16,17)18/h8,10-11H,2-7,9H2,1H3. The van der Waals surface area contributed by atoms with Crippen LogP contribution in [0.1, 0.15) is 49.9 Å². The maximum absolute atomic E-state index is 12.8. The first-order valence-corrected chi connectivity index (χ1v) is 7.77. The smallest absolute Gasteiger partial charge is 0.341 e. The normalized spacial score (nSPS) is 20.5. The zero-order valence-corrected chi connectivity index (χ0v) is 12.6. The van der Waals surface area contributed by atoms with Crippen LogP contribution in [0.5, 0.6) is 0 Å². The number of likely N-dealkylation sites (tertiary alicyclic amines) is 1. The Labute approximate surface area is 127 Å². The fraction of sp³-hybridized carbons (Fsp3) is 0.733. The van der Waals surface area contributed by atoms with Gasteiger partial charge >= 0.3 is 6.18 Å². The number of hydrogen-bond acceptors (Lipinski definition) is 2. The van der Waals surface area contributed by atoms with Crippen molar-refractivity contribution in [1.29, 1.82) is 0 Å². The quantitative estimate of drug-likeness (QED) is 0.860. The highest BCUT2D eigenvalue weighted by molar-refractivity contribution is 5.76. The van der Waals surface area contributed by atoms with Gasteiger partial charge in [-0.2, -0.15) is 18.3 Å². The Morgan fingerprint density at radius 1 is 1.27 bits per heavy atom. The van der Waals surface area contributed by atoms with Crippen LogP contribution in [-0.2, 0) is 17.5 Å². The van der Waals surface area contributed by atoms with Gasteiger partial charge in [-0.05, 0) is 37.7 Å². The predicted molar refractivity (Wildman–Crippen MR) is 74.2 cm³/mol. The second-order valence-electron chi connectivity index (χ2n) is 6.45. The van der Waals surface area contributed by atoms with Crippen molar-refractivity contribution in [2.24, 2.45) is 5.92 Å². The van der Waals surface area contributed by atoms with Gasteiger partial charge in [-0.3, -0.25) is 9.48 Å². The Bertz CT molecular complexity index is 555. The Morgan fingerprint density at radius 2 is 1.91 bits per heavy atom. The summed E-state index contributed by atoms with van der Waals surface area (Å²) < 4.78 is 39.8. The van der Waals surface area contributed by atoms with Crippen molar-refractivity contribution in [3.63, 3.8) is 0 Å². The highest BCUT2D eigenvalue weighted by atomic mass is 19.4. The van der Waals surface area contributed by atoms with E-state index in [0.29, 0.717) is 24.7 Å². The molecule has 1 aliphatic heterocycles. The lowest BCUT2D eigenvalue weighted by Crippen LogP contribution is -2.40. The molecule has 0 unspecified atom stereocenters. The minimum atomic E-state index is -4.46. The van der Waals surface area contributed by atoms with Crippen molar-refractivity contribution in [1.82, 2.24) is 14.7 Å². The summed E-state index contributed by atoms with van der Waals surface area (Å²) in [6, 6.07) is 1.10. The zero-order valence-electron chi connectivity index (χ0n) is 12.6. The average Bonchev–Trinajstić information content (AvgIpc) is 3.19. The van der Waals surface area contributed by atoms with E-state index >= 15 is 0 Å². The number of halogens is 3. The van der Waals surface area contributed by atoms with Crippen molar-refractivity contribution >= 4 is 5.91 Å². The van der Waals surface area contributed by atoms with Crippen LogP contribution in [0.3, 0.4) is 0 Å². The number of carbonyl (C=O) groups excluding carboxylic acids is 1. The van der Waals surface area contributed by atoms with Crippen LogP contribution in [0, 0.1) is 5.92 Å². The van der Waals surface area contributed by atoms with E-state index in [-0.39, 0.29) is 18.4 Å². The van der Waals surface area contributed by atoms with E-state index in [1.54, 1.807) is 4.90 Å². The molecule has 4 nitrogen and oxygen atoms in total. The van der Waals surface area contributed by atoms with Crippen molar-refractivity contribution < 1.29 is 18.0 Å². The van der Waals surface area contributed by atoms with E-state index in [4.69, 9.17) is 0 Å². The van der Waals surface area contributed by atoms with Gasteiger partial charge in [0.1, 0.15) is 6.54 Å². The van der Waals surface area contributed by atoms with Gasteiger partial charge in [0.15, 0.2) is 5.69 Å². The van der Waals surface area contributed by atoms with Crippen molar-refractivity contribution in [3.05, 3.63) is 17.5 Å². The third-order valence-corrected chi connectivity index (χ3v) is 4.52. The third-order valence-electron chi connectivity index (χ3n) is 4.52. The van der Waals surface area contributed by atoms with Crippen LogP contribution in [0.4, 0.5) is 13.2 Å². The molecule has 0 radical (unpaired) electrons. The Balaban J connectivity index is 1.73. The topological polar surface area (TPSA) is 38.1 Å². The molecule has 0 N–H and O–H groups in total. The molecule has 1 saturated heterocycles. The summed E-state index contributed by atoms with van der Waals surface area (Å²) >= 11 is 0. The number of nitrogens with zero attached hydrogens (tertiary/aromatic N) is 3. The molecule has 1 saturated carbocycles. The summed E-state index contributed by atoms with van der Waals surface area (Å²) in [5, 5.41) is 3.64. The lowest BCUT2D eigenvalue weighted by atomic mass is 9.99. The molecule has 7 heteroatoms. The van der Waals surface area contributed by atoms with E-state index in [1.807, 2.05) is 0 Å². The monoisotopic (exact) mass is 315 g/mol. The molecule has 2 fully saturated rings. The number of rotatable bonds is 3. The Hall–Kier alpha value is -1.53. The lowest BCUT2D eigenvalue weighted by molar-refractivity contribution is -0.142. The van der Waals surface area contributed by atoms with Gasteiger partial charge in [-0.15, -0.1) is 0 Å². The predicted octanol–water partition coefficient (Wildman–Crippen LogP) is 3.04. The molecule has 2 heterocycles. The molecule has 22 heavy (non-hydrogen) atoms. The number of alkyl halides is 3. The molecule has 0 spiro atoms. The molecular weight excluding hydrogens is 295 g/mol. The van der Waals surface area contributed by atoms with Crippen LogP contribution in [0.2, 0.25) is 0 Å². The van der Waals surface area contributed by atoms with E-state index in [1.165, 1.54) is 4.68 Å². The van der Waals surface area contributed by atoms with Crippen molar-refractivity contribution in [2.45, 2.75) is 51.2 Å². The first-order chi connectivity index (χ1) is 10.3. The highest BCUT2D eigenvalue weighted by Crippen LogP contribution is 2.42. The molecule has 3 rings (SSSR count). The molecular formula is C15H20F3N3O. The first kappa shape index (κ1) is 15.4. The maximum atomic E-state index is 12.8. The number of piperidine rings is 1. The number of aromatic nitrogens is 2. The van der Waals surface area contributed by atoms with Gasteiger partial charge in [-0.25, -0.2) is 0 Å². The van der Waals surface area contributed by atoms with Gasteiger partial charge < -0.3 is 4.90 Å². The molecule has 0 atom stereocenters. The molecule has 0 aromatic carbocycles. The Kier molecular flexibility index (Phi) is 3.91. The molecule has 2 aliphatic rings. The van der Waals surface area contributed by atoms with Gasteiger partial charge in [0.05, 0.1) is 0 Å². The van der Waals surface area contributed by atoms with Gasteiger partial charge in [-0.1, -0.05) is 6.92 Å². The van der Waals surface area contributed by atoms with Crippen LogP contribution in [0.15, 0.2) is 6.07 Å². The molecule has 1 aromatic rings. The number of carbonyl (C=O) groups is 1. The van der Waals surface area contributed by atoms with E-state index < -0.39 is 11.9 Å². The fourth-order valence-corrected chi connectivity index (χ4v) is 2.89. The number of hydrogen-bond donors (Lipinski definition) is 0. The van der Waals surface area contributed by atoms with E-state index in [0.717, 1.165) is 31.7 Å². The summed E-state index contributed by atoms with van der Waals surface area (Å²) in [5.41, 5.74) is -0.347. The van der Waals surface area contributed by atoms with Gasteiger partial charge in [0, 0.05) is 24.7 Å².